The largest absolute Gasteiger partial charge is 0.126 e. The number of halogens is 1. The number of alkyl halides is 1. The monoisotopic (exact) mass is 250 g/mol. The van der Waals surface area contributed by atoms with Crippen molar-refractivity contribution in [3.05, 3.63) is 35.4 Å². The fourth-order valence-corrected chi connectivity index (χ4v) is 3.30. The van der Waals surface area contributed by atoms with Crippen LogP contribution in [0.2, 0.25) is 0 Å². The first-order chi connectivity index (χ1) is 7.98. The molecule has 0 heterocycles. The highest BCUT2D eigenvalue weighted by Crippen LogP contribution is 2.42. The molecule has 1 fully saturated rings. The zero-order valence-corrected chi connectivity index (χ0v) is 12.0. The lowest BCUT2D eigenvalue weighted by Crippen LogP contribution is -2.24. The highest BCUT2D eigenvalue weighted by molar-refractivity contribution is 6.18. The van der Waals surface area contributed by atoms with Gasteiger partial charge in [0.05, 0.1) is 0 Å². The predicted molar refractivity (Wildman–Crippen MR) is 76.0 cm³/mol. The Morgan fingerprint density at radius 3 is 2.00 bits per heavy atom. The van der Waals surface area contributed by atoms with E-state index in [4.69, 9.17) is 11.6 Å². The van der Waals surface area contributed by atoms with Crippen molar-refractivity contribution in [2.45, 2.75) is 57.3 Å². The molecule has 1 aromatic rings. The molecular weight excluding hydrogens is 228 g/mol. The quantitative estimate of drug-likeness (QED) is 0.646. The number of hydrogen-bond acceptors (Lipinski definition) is 0. The molecule has 0 aromatic heterocycles. The summed E-state index contributed by atoms with van der Waals surface area (Å²) in [5, 5.41) is 0. The van der Waals surface area contributed by atoms with Crippen molar-refractivity contribution in [2.24, 2.45) is 0 Å². The Bertz CT molecular complexity index is 364. The molecule has 0 aliphatic heterocycles. The minimum absolute atomic E-state index is 0.238. The topological polar surface area (TPSA) is 0 Å². The van der Waals surface area contributed by atoms with E-state index in [1.54, 1.807) is 0 Å². The van der Waals surface area contributed by atoms with Crippen molar-refractivity contribution in [1.29, 1.82) is 0 Å². The Morgan fingerprint density at radius 1 is 1.06 bits per heavy atom. The minimum atomic E-state index is 0.238. The lowest BCUT2D eigenvalue weighted by Gasteiger charge is -2.28. The molecule has 1 aliphatic rings. The summed E-state index contributed by atoms with van der Waals surface area (Å²) in [7, 11) is 0. The van der Waals surface area contributed by atoms with Gasteiger partial charge in [-0.2, -0.15) is 0 Å². The Kier molecular flexibility index (Phi) is 3.54. The fourth-order valence-electron chi connectivity index (χ4n) is 2.88. The van der Waals surface area contributed by atoms with Gasteiger partial charge < -0.3 is 0 Å². The molecule has 1 saturated carbocycles. The van der Waals surface area contributed by atoms with Gasteiger partial charge in [0, 0.05) is 11.3 Å². The molecule has 0 spiro atoms. The lowest BCUT2D eigenvalue weighted by atomic mass is 9.79. The first-order valence-electron chi connectivity index (χ1n) is 6.65. The molecular formula is C16H23Cl. The fraction of sp³-hybridized carbons (Fsp3) is 0.625. The molecule has 0 saturated heterocycles. The van der Waals surface area contributed by atoms with Gasteiger partial charge in [-0.15, -0.1) is 11.6 Å². The van der Waals surface area contributed by atoms with Gasteiger partial charge in [0.1, 0.15) is 0 Å². The summed E-state index contributed by atoms with van der Waals surface area (Å²) in [6, 6.07) is 9.16. The first-order valence-corrected chi connectivity index (χ1v) is 7.18. The van der Waals surface area contributed by atoms with Crippen molar-refractivity contribution in [1.82, 2.24) is 0 Å². The van der Waals surface area contributed by atoms with Crippen LogP contribution in [0.15, 0.2) is 24.3 Å². The van der Waals surface area contributed by atoms with E-state index in [0.29, 0.717) is 0 Å². The van der Waals surface area contributed by atoms with Crippen molar-refractivity contribution < 1.29 is 0 Å². The van der Waals surface area contributed by atoms with Gasteiger partial charge >= 0.3 is 0 Å². The second-order valence-electron chi connectivity index (χ2n) is 6.45. The molecule has 0 amide bonds. The van der Waals surface area contributed by atoms with E-state index >= 15 is 0 Å². The number of rotatable bonds is 2. The van der Waals surface area contributed by atoms with Gasteiger partial charge in [-0.25, -0.2) is 0 Å². The van der Waals surface area contributed by atoms with Crippen LogP contribution in [0, 0.1) is 0 Å². The van der Waals surface area contributed by atoms with Crippen molar-refractivity contribution >= 4 is 11.6 Å². The van der Waals surface area contributed by atoms with Crippen LogP contribution in [0.1, 0.15) is 57.6 Å². The summed E-state index contributed by atoms with van der Waals surface area (Å²) in [6.45, 7) is 6.78. The molecule has 1 aliphatic carbocycles. The van der Waals surface area contributed by atoms with Gasteiger partial charge in [-0.05, 0) is 29.4 Å². The molecule has 0 unspecified atom stereocenters. The third-order valence-electron chi connectivity index (χ3n) is 4.18. The van der Waals surface area contributed by atoms with E-state index < -0.39 is 0 Å². The number of benzene rings is 1. The van der Waals surface area contributed by atoms with Crippen LogP contribution in [0.5, 0.6) is 0 Å². The average Bonchev–Trinajstić information content (AvgIpc) is 2.78. The molecule has 17 heavy (non-hydrogen) atoms. The van der Waals surface area contributed by atoms with Gasteiger partial charge in [0.25, 0.3) is 0 Å². The smallest absolute Gasteiger partial charge is 0.0320 e. The van der Waals surface area contributed by atoms with E-state index in [1.807, 2.05) is 0 Å². The molecule has 0 N–H and O–H groups in total. The average molecular weight is 251 g/mol. The standard InChI is InChI=1S/C16H23Cl/c1-15(2,3)13-6-8-14(9-7-13)16(12-17)10-4-5-11-16/h6-9H,4-5,10-12H2,1-3H3. The molecule has 0 radical (unpaired) electrons. The van der Waals surface area contributed by atoms with E-state index in [9.17, 15) is 0 Å². The Morgan fingerprint density at radius 2 is 1.59 bits per heavy atom. The molecule has 1 heteroatoms. The summed E-state index contributed by atoms with van der Waals surface area (Å²) in [6.07, 6.45) is 5.16. The highest BCUT2D eigenvalue weighted by Gasteiger charge is 2.34. The molecule has 1 aromatic carbocycles. The molecule has 0 atom stereocenters. The van der Waals surface area contributed by atoms with E-state index in [0.717, 1.165) is 5.88 Å². The summed E-state index contributed by atoms with van der Waals surface area (Å²) >= 11 is 6.23. The van der Waals surface area contributed by atoms with Crippen LogP contribution >= 0.6 is 11.6 Å². The molecule has 2 rings (SSSR count). The van der Waals surface area contributed by atoms with Crippen molar-refractivity contribution in [3.63, 3.8) is 0 Å². The van der Waals surface area contributed by atoms with Crippen LogP contribution in [0.4, 0.5) is 0 Å². The van der Waals surface area contributed by atoms with Gasteiger partial charge in [-0.3, -0.25) is 0 Å². The minimum Gasteiger partial charge on any atom is -0.126 e. The maximum atomic E-state index is 6.23. The highest BCUT2D eigenvalue weighted by atomic mass is 35.5. The van der Waals surface area contributed by atoms with Gasteiger partial charge in [-0.1, -0.05) is 57.9 Å². The Balaban J connectivity index is 2.28. The summed E-state index contributed by atoms with van der Waals surface area (Å²) in [5.74, 6) is 0.766. The molecule has 0 bridgehead atoms. The molecule has 94 valence electrons. The van der Waals surface area contributed by atoms with Crippen molar-refractivity contribution in [3.8, 4) is 0 Å². The first kappa shape index (κ1) is 13.0. The summed E-state index contributed by atoms with van der Waals surface area (Å²) in [5.41, 5.74) is 3.35. The maximum absolute atomic E-state index is 6.23. The zero-order chi connectivity index (χ0) is 12.5. The van der Waals surface area contributed by atoms with E-state index in [2.05, 4.69) is 45.0 Å². The van der Waals surface area contributed by atoms with Gasteiger partial charge in [0.2, 0.25) is 0 Å². The normalized spacial score (nSPS) is 19.5. The van der Waals surface area contributed by atoms with E-state index in [-0.39, 0.29) is 10.8 Å². The van der Waals surface area contributed by atoms with Crippen LogP contribution in [0.3, 0.4) is 0 Å². The lowest BCUT2D eigenvalue weighted by molar-refractivity contribution is 0.497. The number of hydrogen-bond donors (Lipinski definition) is 0. The summed E-state index contributed by atoms with van der Waals surface area (Å²) < 4.78 is 0. The van der Waals surface area contributed by atoms with Crippen LogP contribution < -0.4 is 0 Å². The zero-order valence-electron chi connectivity index (χ0n) is 11.2. The van der Waals surface area contributed by atoms with Gasteiger partial charge in [0.15, 0.2) is 0 Å². The van der Waals surface area contributed by atoms with Crippen LogP contribution in [0.25, 0.3) is 0 Å². The Labute approximate surface area is 110 Å². The van der Waals surface area contributed by atoms with Crippen LogP contribution in [-0.2, 0) is 10.8 Å². The second kappa shape index (κ2) is 4.65. The predicted octanol–water partition coefficient (Wildman–Crippen LogP) is 5.03. The second-order valence-corrected chi connectivity index (χ2v) is 6.72. The Hall–Kier alpha value is -0.490. The SMILES string of the molecule is CC(C)(C)c1ccc(C2(CCl)CCCC2)cc1. The van der Waals surface area contributed by atoms with Crippen LogP contribution in [-0.4, -0.2) is 5.88 Å². The van der Waals surface area contributed by atoms with Crippen molar-refractivity contribution in [2.75, 3.05) is 5.88 Å². The molecule has 0 nitrogen and oxygen atoms in total. The maximum Gasteiger partial charge on any atom is 0.0320 e. The third kappa shape index (κ3) is 2.52. The third-order valence-corrected chi connectivity index (χ3v) is 4.69. The summed E-state index contributed by atoms with van der Waals surface area (Å²) in [4.78, 5) is 0. The van der Waals surface area contributed by atoms with E-state index in [1.165, 1.54) is 36.8 Å².